The van der Waals surface area contributed by atoms with Gasteiger partial charge in [-0.05, 0) is 31.0 Å². The first-order valence-corrected chi connectivity index (χ1v) is 9.11. The van der Waals surface area contributed by atoms with Crippen LogP contribution in [0.1, 0.15) is 64.7 Å². The van der Waals surface area contributed by atoms with Gasteiger partial charge >= 0.3 is 11.9 Å². The summed E-state index contributed by atoms with van der Waals surface area (Å²) in [6.45, 7) is 2.66. The van der Waals surface area contributed by atoms with Crippen LogP contribution in [0.15, 0.2) is 24.3 Å². The number of esters is 2. The molecule has 0 spiro atoms. The summed E-state index contributed by atoms with van der Waals surface area (Å²) in [5.74, 6) is -0.210. The molecule has 0 amide bonds. The van der Waals surface area contributed by atoms with Gasteiger partial charge in [0.2, 0.25) is 0 Å². The number of unbranched alkanes of at least 4 members (excludes halogenated alkanes) is 5. The van der Waals surface area contributed by atoms with Gasteiger partial charge in [0.1, 0.15) is 5.75 Å². The first kappa shape index (κ1) is 20.5. The predicted octanol–water partition coefficient (Wildman–Crippen LogP) is 5.32. The second-order valence-corrected chi connectivity index (χ2v) is 6.21. The van der Waals surface area contributed by atoms with Crippen molar-refractivity contribution in [1.82, 2.24) is 0 Å². The van der Waals surface area contributed by atoms with Gasteiger partial charge in [-0.1, -0.05) is 56.7 Å². The van der Waals surface area contributed by atoms with Crippen molar-refractivity contribution in [3.8, 4) is 5.75 Å². The van der Waals surface area contributed by atoms with Crippen LogP contribution in [-0.4, -0.2) is 18.5 Å². The van der Waals surface area contributed by atoms with Crippen LogP contribution in [0, 0.1) is 0 Å². The Labute approximate surface area is 149 Å². The number of carbonyl (C=O) groups excluding carboxylic acids is 2. The molecular formula is C19H27ClO4. The quantitative estimate of drug-likeness (QED) is 0.289. The summed E-state index contributed by atoms with van der Waals surface area (Å²) in [6.07, 6.45) is 7.79. The van der Waals surface area contributed by atoms with Crippen LogP contribution in [0.2, 0.25) is 5.02 Å². The number of hydrogen-bond acceptors (Lipinski definition) is 4. The molecule has 0 saturated carbocycles. The molecule has 0 N–H and O–H groups in total. The highest BCUT2D eigenvalue weighted by molar-refractivity contribution is 6.30. The van der Waals surface area contributed by atoms with E-state index < -0.39 is 0 Å². The van der Waals surface area contributed by atoms with E-state index in [1.807, 2.05) is 0 Å². The maximum atomic E-state index is 11.7. The lowest BCUT2D eigenvalue weighted by molar-refractivity contribution is -0.144. The maximum absolute atomic E-state index is 11.7. The minimum Gasteiger partial charge on any atom is -0.466 e. The minimum atomic E-state index is -0.374. The first-order valence-electron chi connectivity index (χ1n) is 8.73. The molecule has 5 heteroatoms. The largest absolute Gasteiger partial charge is 0.466 e. The lowest BCUT2D eigenvalue weighted by Gasteiger charge is -2.06. The van der Waals surface area contributed by atoms with Crippen molar-refractivity contribution in [2.24, 2.45) is 0 Å². The highest BCUT2D eigenvalue weighted by Crippen LogP contribution is 2.17. The fourth-order valence-electron chi connectivity index (χ4n) is 2.23. The third-order valence-electron chi connectivity index (χ3n) is 3.55. The molecule has 0 aromatic heterocycles. The molecule has 134 valence electrons. The molecule has 0 radical (unpaired) electrons. The van der Waals surface area contributed by atoms with Crippen LogP contribution in [-0.2, 0) is 14.3 Å². The van der Waals surface area contributed by atoms with Crippen LogP contribution in [0.4, 0.5) is 0 Å². The van der Waals surface area contributed by atoms with Gasteiger partial charge in [0, 0.05) is 17.9 Å². The van der Waals surface area contributed by atoms with Crippen LogP contribution < -0.4 is 4.74 Å². The Bertz CT molecular complexity index is 502. The van der Waals surface area contributed by atoms with Crippen molar-refractivity contribution >= 4 is 23.5 Å². The van der Waals surface area contributed by atoms with Crippen molar-refractivity contribution in [1.29, 1.82) is 0 Å². The Hall–Kier alpha value is -1.55. The van der Waals surface area contributed by atoms with Crippen LogP contribution in [0.3, 0.4) is 0 Å². The molecule has 24 heavy (non-hydrogen) atoms. The fraction of sp³-hybridized carbons (Fsp3) is 0.579. The Morgan fingerprint density at radius 1 is 0.958 bits per heavy atom. The molecule has 0 unspecified atom stereocenters. The van der Waals surface area contributed by atoms with Crippen LogP contribution in [0.5, 0.6) is 5.75 Å². The molecule has 0 saturated heterocycles. The second-order valence-electron chi connectivity index (χ2n) is 5.77. The molecule has 0 aliphatic heterocycles. The molecule has 4 nitrogen and oxygen atoms in total. The highest BCUT2D eigenvalue weighted by atomic mass is 35.5. The average Bonchev–Trinajstić information content (AvgIpc) is 2.54. The van der Waals surface area contributed by atoms with Crippen molar-refractivity contribution in [3.05, 3.63) is 29.3 Å². The number of hydrogen-bond donors (Lipinski definition) is 0. The van der Waals surface area contributed by atoms with Crippen molar-refractivity contribution in [2.45, 2.75) is 64.7 Å². The second kappa shape index (κ2) is 12.8. The molecule has 0 heterocycles. The molecule has 0 bridgehead atoms. The van der Waals surface area contributed by atoms with Gasteiger partial charge in [0.25, 0.3) is 0 Å². The molecule has 0 aliphatic rings. The fourth-order valence-corrected chi connectivity index (χ4v) is 2.41. The van der Waals surface area contributed by atoms with E-state index in [1.54, 1.807) is 24.3 Å². The molecular weight excluding hydrogens is 328 g/mol. The summed E-state index contributed by atoms with van der Waals surface area (Å²) < 4.78 is 10.3. The summed E-state index contributed by atoms with van der Waals surface area (Å²) in [4.78, 5) is 23.2. The van der Waals surface area contributed by atoms with Gasteiger partial charge in [-0.15, -0.1) is 0 Å². The van der Waals surface area contributed by atoms with Gasteiger partial charge in [0.05, 0.1) is 6.61 Å². The zero-order chi connectivity index (χ0) is 17.6. The molecule has 1 aromatic rings. The summed E-state index contributed by atoms with van der Waals surface area (Å²) in [5.41, 5.74) is 0. The SMILES string of the molecule is CCCCCCCCOC(=O)CCCC(=O)Oc1cccc(Cl)c1. The maximum Gasteiger partial charge on any atom is 0.311 e. The monoisotopic (exact) mass is 354 g/mol. The zero-order valence-corrected chi connectivity index (χ0v) is 15.1. The van der Waals surface area contributed by atoms with Crippen molar-refractivity contribution < 1.29 is 19.1 Å². The smallest absolute Gasteiger partial charge is 0.311 e. The summed E-state index contributed by atoms with van der Waals surface area (Å²) in [5, 5.41) is 0.513. The van der Waals surface area contributed by atoms with E-state index in [-0.39, 0.29) is 24.8 Å². The third kappa shape index (κ3) is 10.3. The third-order valence-corrected chi connectivity index (χ3v) is 3.79. The lowest BCUT2D eigenvalue weighted by Crippen LogP contribution is -2.10. The predicted molar refractivity (Wildman–Crippen MR) is 95.3 cm³/mol. The summed E-state index contributed by atoms with van der Waals surface area (Å²) in [7, 11) is 0. The molecule has 1 aromatic carbocycles. The van der Waals surface area contributed by atoms with E-state index in [0.29, 0.717) is 23.8 Å². The van der Waals surface area contributed by atoms with Gasteiger partial charge < -0.3 is 9.47 Å². The van der Waals surface area contributed by atoms with Crippen LogP contribution in [0.25, 0.3) is 0 Å². The van der Waals surface area contributed by atoms with Crippen molar-refractivity contribution in [2.75, 3.05) is 6.61 Å². The number of rotatable bonds is 12. The van der Waals surface area contributed by atoms with Gasteiger partial charge in [0.15, 0.2) is 0 Å². The van der Waals surface area contributed by atoms with E-state index in [0.717, 1.165) is 12.8 Å². The molecule has 1 rings (SSSR count). The molecule has 0 aliphatic carbocycles. The number of benzene rings is 1. The number of halogens is 1. The first-order chi connectivity index (χ1) is 11.6. The Morgan fingerprint density at radius 2 is 1.67 bits per heavy atom. The number of carbonyl (C=O) groups is 2. The normalized spacial score (nSPS) is 10.4. The zero-order valence-electron chi connectivity index (χ0n) is 14.4. The van der Waals surface area contributed by atoms with Crippen molar-refractivity contribution in [3.63, 3.8) is 0 Å². The number of ether oxygens (including phenoxy) is 2. The van der Waals surface area contributed by atoms with Crippen LogP contribution >= 0.6 is 11.6 Å². The van der Waals surface area contributed by atoms with E-state index in [1.165, 1.54) is 25.7 Å². The van der Waals surface area contributed by atoms with Gasteiger partial charge in [-0.25, -0.2) is 0 Å². The van der Waals surface area contributed by atoms with E-state index >= 15 is 0 Å². The topological polar surface area (TPSA) is 52.6 Å². The van der Waals surface area contributed by atoms with E-state index in [9.17, 15) is 9.59 Å². The van der Waals surface area contributed by atoms with E-state index in [2.05, 4.69) is 6.92 Å². The summed E-state index contributed by atoms with van der Waals surface area (Å²) >= 11 is 5.82. The average molecular weight is 355 g/mol. The Kier molecular flexibility index (Phi) is 10.9. The van der Waals surface area contributed by atoms with Gasteiger partial charge in [-0.2, -0.15) is 0 Å². The molecule has 0 atom stereocenters. The Morgan fingerprint density at radius 3 is 2.42 bits per heavy atom. The van der Waals surface area contributed by atoms with Gasteiger partial charge in [-0.3, -0.25) is 9.59 Å². The summed E-state index contributed by atoms with van der Waals surface area (Å²) in [6, 6.07) is 6.66. The van der Waals surface area contributed by atoms with E-state index in [4.69, 9.17) is 21.1 Å². The standard InChI is InChI=1S/C19H27ClO4/c1-2-3-4-5-6-7-14-23-18(21)12-9-13-19(22)24-17-11-8-10-16(20)15-17/h8,10-11,15H,2-7,9,12-14H2,1H3. The molecule has 0 fully saturated rings. The highest BCUT2D eigenvalue weighted by Gasteiger charge is 2.08. The minimum absolute atomic E-state index is 0.179. The lowest BCUT2D eigenvalue weighted by atomic mass is 10.1. The Balaban J connectivity index is 2.03.